The van der Waals surface area contributed by atoms with Crippen molar-refractivity contribution in [3.05, 3.63) is 40.0 Å². The minimum atomic E-state index is -0.891. The van der Waals surface area contributed by atoms with Crippen LogP contribution in [0.5, 0.6) is 0 Å². The Hall–Kier alpha value is -2.34. The predicted molar refractivity (Wildman–Crippen MR) is 101 cm³/mol. The second-order valence-electron chi connectivity index (χ2n) is 7.73. The van der Waals surface area contributed by atoms with Crippen LogP contribution in [0.1, 0.15) is 40.9 Å². The number of nitrogens with zero attached hydrogens (tertiary/aromatic N) is 3. The maximum absolute atomic E-state index is 13.0. The average Bonchev–Trinajstić information content (AvgIpc) is 2.66. The fourth-order valence-corrected chi connectivity index (χ4v) is 5.13. The molecule has 4 aliphatic rings. The van der Waals surface area contributed by atoms with Gasteiger partial charge in [-0.3, -0.25) is 14.7 Å². The first kappa shape index (κ1) is 16.8. The largest absolute Gasteiger partial charge is 0.465 e. The summed E-state index contributed by atoms with van der Waals surface area (Å²) >= 11 is 6.61. The lowest BCUT2D eigenvalue weighted by Crippen LogP contribution is -2.70. The van der Waals surface area contributed by atoms with Gasteiger partial charge in [-0.25, -0.2) is 4.79 Å². The Morgan fingerprint density at radius 3 is 2.63 bits per heavy atom. The fourth-order valence-electron chi connectivity index (χ4n) is 4.77. The number of hydrogen-bond acceptors (Lipinski definition) is 3. The summed E-state index contributed by atoms with van der Waals surface area (Å²) in [6, 6.07) is 5.37. The zero-order valence-corrected chi connectivity index (χ0v) is 15.6. The van der Waals surface area contributed by atoms with Crippen molar-refractivity contribution in [3.63, 3.8) is 0 Å². The molecule has 0 saturated carbocycles. The molecule has 2 bridgehead atoms. The Morgan fingerprint density at radius 2 is 1.89 bits per heavy atom. The SMILES string of the molecule is O=C(c1ccc2c(Cl)c3c(nc2c1)CCCC3)N1CC2CC(C1)N2C(=O)O. The van der Waals surface area contributed by atoms with Gasteiger partial charge >= 0.3 is 6.09 Å². The molecule has 7 heteroatoms. The minimum Gasteiger partial charge on any atom is -0.465 e. The molecule has 6 rings (SSSR count). The molecule has 1 N–H and O–H groups in total. The van der Waals surface area contributed by atoms with Gasteiger partial charge in [-0.05, 0) is 49.8 Å². The first-order valence-electron chi connectivity index (χ1n) is 9.44. The predicted octanol–water partition coefficient (Wildman–Crippen LogP) is 3.34. The second-order valence-corrected chi connectivity index (χ2v) is 8.11. The van der Waals surface area contributed by atoms with E-state index in [4.69, 9.17) is 16.6 Å². The van der Waals surface area contributed by atoms with Gasteiger partial charge in [0.25, 0.3) is 5.91 Å². The van der Waals surface area contributed by atoms with E-state index in [1.165, 1.54) is 4.90 Å². The van der Waals surface area contributed by atoms with Crippen molar-refractivity contribution >= 4 is 34.5 Å². The fraction of sp³-hybridized carbons (Fsp3) is 0.450. The number of rotatable bonds is 1. The number of amides is 2. The molecule has 2 unspecified atom stereocenters. The number of halogens is 1. The molecule has 6 nitrogen and oxygen atoms in total. The van der Waals surface area contributed by atoms with Crippen LogP contribution in [0, 0.1) is 0 Å². The summed E-state index contributed by atoms with van der Waals surface area (Å²) in [4.78, 5) is 32.2. The van der Waals surface area contributed by atoms with E-state index in [1.54, 1.807) is 4.90 Å². The number of carbonyl (C=O) groups is 2. The highest BCUT2D eigenvalue weighted by Gasteiger charge is 2.48. The summed E-state index contributed by atoms with van der Waals surface area (Å²) in [6.07, 6.45) is 4.12. The van der Waals surface area contributed by atoms with Crippen molar-refractivity contribution in [2.24, 2.45) is 0 Å². The van der Waals surface area contributed by atoms with Gasteiger partial charge in [0.1, 0.15) is 0 Å². The summed E-state index contributed by atoms with van der Waals surface area (Å²) in [6.45, 7) is 0.913. The van der Waals surface area contributed by atoms with Crippen LogP contribution in [-0.2, 0) is 12.8 Å². The number of aryl methyl sites for hydroxylation is 1. The monoisotopic (exact) mass is 385 g/mol. The number of hydrogen-bond donors (Lipinski definition) is 1. The van der Waals surface area contributed by atoms with E-state index in [0.717, 1.165) is 59.3 Å². The van der Waals surface area contributed by atoms with Crippen LogP contribution >= 0.6 is 11.6 Å². The van der Waals surface area contributed by atoms with Gasteiger partial charge in [-0.15, -0.1) is 0 Å². The summed E-state index contributed by atoms with van der Waals surface area (Å²) in [5.74, 6) is -0.0627. The standard InChI is InChI=1S/C20H20ClN3O3/c21-18-14-3-1-2-4-16(14)22-17-7-11(5-6-15(17)18)19(25)23-9-12-8-13(10-23)24(12)20(26)27/h5-7,12-13H,1-4,8-10H2,(H,26,27). The van der Waals surface area contributed by atoms with Crippen LogP contribution in [0.4, 0.5) is 4.79 Å². The van der Waals surface area contributed by atoms with E-state index in [-0.39, 0.29) is 18.0 Å². The Morgan fingerprint density at radius 1 is 1.15 bits per heavy atom. The highest BCUT2D eigenvalue weighted by molar-refractivity contribution is 6.36. The Balaban J connectivity index is 1.44. The number of piperazine rings is 1. The minimum absolute atomic E-state index is 0.0627. The smallest absolute Gasteiger partial charge is 0.407 e. The number of carboxylic acid groups (broad SMARTS) is 1. The maximum atomic E-state index is 13.0. The molecule has 4 heterocycles. The highest BCUT2D eigenvalue weighted by Crippen LogP contribution is 2.35. The molecule has 1 aromatic heterocycles. The molecule has 2 atom stereocenters. The van der Waals surface area contributed by atoms with E-state index in [1.807, 2.05) is 18.2 Å². The topological polar surface area (TPSA) is 73.7 Å². The van der Waals surface area contributed by atoms with Crippen molar-refractivity contribution in [2.45, 2.75) is 44.2 Å². The summed E-state index contributed by atoms with van der Waals surface area (Å²) in [5.41, 5.74) is 3.56. The number of piperidine rings is 1. The molecule has 0 radical (unpaired) electrons. The quantitative estimate of drug-likeness (QED) is 0.817. The summed E-state index contributed by atoms with van der Waals surface area (Å²) < 4.78 is 0. The van der Waals surface area contributed by atoms with Crippen LogP contribution in [0.25, 0.3) is 10.9 Å². The lowest BCUT2D eigenvalue weighted by molar-refractivity contribution is -0.0422. The molecule has 3 saturated heterocycles. The average molecular weight is 386 g/mol. The first-order chi connectivity index (χ1) is 13.0. The number of benzene rings is 1. The number of aromatic nitrogens is 1. The van der Waals surface area contributed by atoms with Crippen molar-refractivity contribution in [2.75, 3.05) is 13.1 Å². The van der Waals surface area contributed by atoms with Crippen molar-refractivity contribution in [3.8, 4) is 0 Å². The Bertz CT molecular complexity index is 965. The van der Waals surface area contributed by atoms with Gasteiger partial charge in [0.15, 0.2) is 0 Å². The molecule has 2 aromatic rings. The molecule has 3 aliphatic heterocycles. The Kier molecular flexibility index (Phi) is 3.79. The molecule has 3 fully saturated rings. The van der Waals surface area contributed by atoms with Crippen LogP contribution in [0.3, 0.4) is 0 Å². The van der Waals surface area contributed by atoms with Crippen molar-refractivity contribution in [1.29, 1.82) is 0 Å². The maximum Gasteiger partial charge on any atom is 0.407 e. The second kappa shape index (κ2) is 6.09. The van der Waals surface area contributed by atoms with Gasteiger partial charge in [0.2, 0.25) is 0 Å². The first-order valence-corrected chi connectivity index (χ1v) is 9.82. The van der Waals surface area contributed by atoms with Crippen LogP contribution in [0.2, 0.25) is 5.02 Å². The lowest BCUT2D eigenvalue weighted by atomic mass is 9.87. The number of carbonyl (C=O) groups excluding carboxylic acids is 1. The van der Waals surface area contributed by atoms with E-state index in [0.29, 0.717) is 18.7 Å². The highest BCUT2D eigenvalue weighted by atomic mass is 35.5. The number of fused-ring (bicyclic) bond motifs is 4. The summed E-state index contributed by atoms with van der Waals surface area (Å²) in [5, 5.41) is 10.9. The van der Waals surface area contributed by atoms with Gasteiger partial charge in [-0.2, -0.15) is 0 Å². The Labute approximate surface area is 161 Å². The zero-order valence-electron chi connectivity index (χ0n) is 14.8. The van der Waals surface area contributed by atoms with Gasteiger partial charge in [0.05, 0.1) is 22.6 Å². The van der Waals surface area contributed by atoms with Crippen LogP contribution in [0.15, 0.2) is 18.2 Å². The summed E-state index contributed by atoms with van der Waals surface area (Å²) in [7, 11) is 0. The van der Waals surface area contributed by atoms with E-state index in [2.05, 4.69) is 0 Å². The van der Waals surface area contributed by atoms with E-state index in [9.17, 15) is 14.7 Å². The molecule has 140 valence electrons. The molecule has 0 spiro atoms. The molecular weight excluding hydrogens is 366 g/mol. The molecular formula is C20H20ClN3O3. The van der Waals surface area contributed by atoms with Crippen molar-refractivity contribution < 1.29 is 14.7 Å². The molecule has 1 aliphatic carbocycles. The molecule has 2 amide bonds. The molecule has 27 heavy (non-hydrogen) atoms. The molecule has 1 aromatic carbocycles. The van der Waals surface area contributed by atoms with E-state index < -0.39 is 6.09 Å². The van der Waals surface area contributed by atoms with Crippen LogP contribution in [-0.4, -0.2) is 57.1 Å². The normalized spacial score (nSPS) is 23.7. The lowest BCUT2D eigenvalue weighted by Gasteiger charge is -2.54. The number of pyridine rings is 1. The van der Waals surface area contributed by atoms with Gasteiger partial charge < -0.3 is 10.0 Å². The van der Waals surface area contributed by atoms with E-state index >= 15 is 0 Å². The van der Waals surface area contributed by atoms with Gasteiger partial charge in [0, 0.05) is 29.7 Å². The third kappa shape index (κ3) is 2.57. The van der Waals surface area contributed by atoms with Gasteiger partial charge in [-0.1, -0.05) is 17.7 Å². The van der Waals surface area contributed by atoms with Crippen molar-refractivity contribution in [1.82, 2.24) is 14.8 Å². The third-order valence-electron chi connectivity index (χ3n) is 6.14. The third-order valence-corrected chi connectivity index (χ3v) is 6.57. The zero-order chi connectivity index (χ0) is 18.7. The van der Waals surface area contributed by atoms with Crippen LogP contribution < -0.4 is 0 Å².